The van der Waals surface area contributed by atoms with Crippen molar-refractivity contribution in [3.05, 3.63) is 65.7 Å². The number of nitrogens with one attached hydrogen (secondary N) is 2. The number of benzene rings is 2. The van der Waals surface area contributed by atoms with Gasteiger partial charge in [0, 0.05) is 31.3 Å². The standard InChI is InChI=1S/C22H23N3O5/c1-14-8-10-17(11-9-14)25-13-16(12-18(25)26)21(28)30-19(15-6-4-3-5-7-15)20(27)24-22(29)23-2/h3-11,16,19H,12-13H2,1-2H3,(H2,23,24,27,29)/t16-,19-/m1/s1. The predicted molar refractivity (Wildman–Crippen MR) is 110 cm³/mol. The molecule has 0 unspecified atom stereocenters. The topological polar surface area (TPSA) is 105 Å². The summed E-state index contributed by atoms with van der Waals surface area (Å²) in [6, 6.07) is 15.1. The van der Waals surface area contributed by atoms with E-state index < -0.39 is 29.9 Å². The average Bonchev–Trinajstić information content (AvgIpc) is 3.14. The minimum atomic E-state index is -1.31. The van der Waals surface area contributed by atoms with Gasteiger partial charge in [0.2, 0.25) is 12.0 Å². The molecule has 4 amide bonds. The predicted octanol–water partition coefficient (Wildman–Crippen LogP) is 2.09. The Morgan fingerprint density at radius 3 is 2.37 bits per heavy atom. The molecule has 8 nitrogen and oxygen atoms in total. The zero-order valence-corrected chi connectivity index (χ0v) is 16.8. The lowest BCUT2D eigenvalue weighted by Gasteiger charge is -2.20. The summed E-state index contributed by atoms with van der Waals surface area (Å²) >= 11 is 0. The van der Waals surface area contributed by atoms with Gasteiger partial charge in [0.05, 0.1) is 5.92 Å². The number of amides is 4. The average molecular weight is 409 g/mol. The molecule has 30 heavy (non-hydrogen) atoms. The molecule has 1 saturated heterocycles. The molecular formula is C22H23N3O5. The molecule has 0 saturated carbocycles. The van der Waals surface area contributed by atoms with Crippen LogP contribution in [0.25, 0.3) is 0 Å². The monoisotopic (exact) mass is 409 g/mol. The summed E-state index contributed by atoms with van der Waals surface area (Å²) in [4.78, 5) is 50.8. The van der Waals surface area contributed by atoms with Gasteiger partial charge in [-0.3, -0.25) is 19.7 Å². The lowest BCUT2D eigenvalue weighted by Crippen LogP contribution is -2.41. The van der Waals surface area contributed by atoms with E-state index in [0.717, 1.165) is 5.56 Å². The molecular weight excluding hydrogens is 386 g/mol. The number of imide groups is 1. The Bertz CT molecular complexity index is 943. The van der Waals surface area contributed by atoms with Crippen molar-refractivity contribution in [3.63, 3.8) is 0 Å². The Balaban J connectivity index is 1.74. The minimum absolute atomic E-state index is 0.00865. The fraction of sp³-hybridized carbons (Fsp3) is 0.273. The summed E-state index contributed by atoms with van der Waals surface area (Å²) in [6.45, 7) is 2.11. The molecule has 3 rings (SSSR count). The SMILES string of the molecule is CNC(=O)NC(=O)[C@H](OC(=O)[C@@H]1CC(=O)N(c2ccc(C)cc2)C1)c1ccccc1. The summed E-state index contributed by atoms with van der Waals surface area (Å²) in [5.41, 5.74) is 2.19. The number of hydrogen-bond acceptors (Lipinski definition) is 5. The zero-order valence-electron chi connectivity index (χ0n) is 16.8. The number of anilines is 1. The lowest BCUT2D eigenvalue weighted by molar-refractivity contribution is -0.159. The van der Waals surface area contributed by atoms with Crippen LogP contribution in [0.15, 0.2) is 54.6 Å². The van der Waals surface area contributed by atoms with Gasteiger partial charge in [-0.15, -0.1) is 0 Å². The molecule has 0 radical (unpaired) electrons. The minimum Gasteiger partial charge on any atom is -0.447 e. The fourth-order valence-electron chi connectivity index (χ4n) is 3.19. The Morgan fingerprint density at radius 1 is 1.07 bits per heavy atom. The number of carbonyl (C=O) groups excluding carboxylic acids is 4. The van der Waals surface area contributed by atoms with E-state index in [9.17, 15) is 19.2 Å². The molecule has 0 aliphatic carbocycles. The van der Waals surface area contributed by atoms with Gasteiger partial charge in [0.15, 0.2) is 0 Å². The van der Waals surface area contributed by atoms with Crippen LogP contribution in [-0.2, 0) is 19.1 Å². The van der Waals surface area contributed by atoms with E-state index in [1.165, 1.54) is 11.9 Å². The number of aryl methyl sites for hydroxylation is 1. The van der Waals surface area contributed by atoms with E-state index in [2.05, 4.69) is 10.6 Å². The third-order valence-corrected chi connectivity index (χ3v) is 4.84. The van der Waals surface area contributed by atoms with Crippen molar-refractivity contribution in [1.29, 1.82) is 0 Å². The maximum Gasteiger partial charge on any atom is 0.321 e. The highest BCUT2D eigenvalue weighted by atomic mass is 16.5. The van der Waals surface area contributed by atoms with Crippen molar-refractivity contribution in [2.24, 2.45) is 5.92 Å². The van der Waals surface area contributed by atoms with Crippen LogP contribution in [0.5, 0.6) is 0 Å². The van der Waals surface area contributed by atoms with E-state index in [-0.39, 0.29) is 18.9 Å². The summed E-state index contributed by atoms with van der Waals surface area (Å²) < 4.78 is 5.47. The molecule has 1 fully saturated rings. The maximum atomic E-state index is 12.8. The summed E-state index contributed by atoms with van der Waals surface area (Å²) in [6.07, 6.45) is -1.31. The zero-order chi connectivity index (χ0) is 21.7. The van der Waals surface area contributed by atoms with Crippen LogP contribution < -0.4 is 15.5 Å². The molecule has 1 aliphatic rings. The van der Waals surface area contributed by atoms with Gasteiger partial charge >= 0.3 is 12.0 Å². The van der Waals surface area contributed by atoms with Crippen molar-refractivity contribution >= 4 is 29.5 Å². The number of nitrogens with zero attached hydrogens (tertiary/aromatic N) is 1. The molecule has 2 aromatic rings. The van der Waals surface area contributed by atoms with Crippen LogP contribution in [0.4, 0.5) is 10.5 Å². The molecule has 156 valence electrons. The van der Waals surface area contributed by atoms with E-state index in [0.29, 0.717) is 11.3 Å². The van der Waals surface area contributed by atoms with Gasteiger partial charge in [0.25, 0.3) is 5.91 Å². The normalized spacial score (nSPS) is 16.7. The van der Waals surface area contributed by atoms with Crippen LogP contribution in [0.2, 0.25) is 0 Å². The fourth-order valence-corrected chi connectivity index (χ4v) is 3.19. The Kier molecular flexibility index (Phi) is 6.46. The van der Waals surface area contributed by atoms with Gasteiger partial charge in [-0.1, -0.05) is 48.0 Å². The van der Waals surface area contributed by atoms with Gasteiger partial charge in [0.1, 0.15) is 0 Å². The molecule has 8 heteroatoms. The quantitative estimate of drug-likeness (QED) is 0.736. The first-order chi connectivity index (χ1) is 14.4. The second-order valence-corrected chi connectivity index (χ2v) is 7.04. The van der Waals surface area contributed by atoms with Crippen molar-refractivity contribution in [2.75, 3.05) is 18.5 Å². The molecule has 2 N–H and O–H groups in total. The first-order valence-electron chi connectivity index (χ1n) is 9.54. The molecule has 0 aromatic heterocycles. The molecule has 1 heterocycles. The molecule has 0 bridgehead atoms. The van der Waals surface area contributed by atoms with Crippen LogP contribution in [0.1, 0.15) is 23.7 Å². The highest BCUT2D eigenvalue weighted by Gasteiger charge is 2.38. The molecule has 2 aromatic carbocycles. The van der Waals surface area contributed by atoms with Crippen molar-refractivity contribution < 1.29 is 23.9 Å². The Labute approximate surface area is 174 Å². The number of rotatable bonds is 5. The largest absolute Gasteiger partial charge is 0.447 e. The highest BCUT2D eigenvalue weighted by Crippen LogP contribution is 2.28. The van der Waals surface area contributed by atoms with Crippen LogP contribution in [0.3, 0.4) is 0 Å². The Morgan fingerprint density at radius 2 is 1.73 bits per heavy atom. The van der Waals surface area contributed by atoms with Gasteiger partial charge in [-0.25, -0.2) is 4.79 Å². The second kappa shape index (κ2) is 9.21. The number of urea groups is 1. The third-order valence-electron chi connectivity index (χ3n) is 4.84. The molecule has 1 aliphatic heterocycles. The van der Waals surface area contributed by atoms with Gasteiger partial charge in [-0.05, 0) is 19.1 Å². The summed E-state index contributed by atoms with van der Waals surface area (Å²) in [5, 5.41) is 4.41. The van der Waals surface area contributed by atoms with Crippen molar-refractivity contribution in [1.82, 2.24) is 10.6 Å². The van der Waals surface area contributed by atoms with Gasteiger partial charge < -0.3 is 15.0 Å². The summed E-state index contributed by atoms with van der Waals surface area (Å²) in [7, 11) is 1.37. The van der Waals surface area contributed by atoms with E-state index in [1.54, 1.807) is 30.3 Å². The molecule has 0 spiro atoms. The number of carbonyl (C=O) groups is 4. The highest BCUT2D eigenvalue weighted by molar-refractivity contribution is 6.01. The lowest BCUT2D eigenvalue weighted by atomic mass is 10.1. The van der Waals surface area contributed by atoms with Crippen LogP contribution in [0, 0.1) is 12.8 Å². The number of hydrogen-bond donors (Lipinski definition) is 2. The van der Waals surface area contributed by atoms with Crippen LogP contribution >= 0.6 is 0 Å². The van der Waals surface area contributed by atoms with E-state index in [1.807, 2.05) is 31.2 Å². The first-order valence-corrected chi connectivity index (χ1v) is 9.54. The van der Waals surface area contributed by atoms with Crippen molar-refractivity contribution in [2.45, 2.75) is 19.4 Å². The van der Waals surface area contributed by atoms with E-state index >= 15 is 0 Å². The van der Waals surface area contributed by atoms with Crippen LogP contribution in [-0.4, -0.2) is 37.4 Å². The Hall–Kier alpha value is -3.68. The van der Waals surface area contributed by atoms with E-state index in [4.69, 9.17) is 4.74 Å². The molecule has 2 atom stereocenters. The maximum absolute atomic E-state index is 12.8. The summed E-state index contributed by atoms with van der Waals surface area (Å²) in [5.74, 6) is -2.34. The van der Waals surface area contributed by atoms with Gasteiger partial charge in [-0.2, -0.15) is 0 Å². The smallest absolute Gasteiger partial charge is 0.321 e. The number of ether oxygens (including phenoxy) is 1. The third kappa shape index (κ3) is 4.83. The second-order valence-electron chi connectivity index (χ2n) is 7.04. The van der Waals surface area contributed by atoms with Crippen molar-refractivity contribution in [3.8, 4) is 0 Å². The number of esters is 1. The first kappa shape index (κ1) is 21.0.